The fourth-order valence-electron chi connectivity index (χ4n) is 4.76. The number of carbonyl (C=O) groups excluding carboxylic acids is 2. The molecule has 13 heteroatoms. The highest BCUT2D eigenvalue weighted by atomic mass is 35.5. The van der Waals surface area contributed by atoms with E-state index in [0.29, 0.717) is 16.2 Å². The fourth-order valence-corrected chi connectivity index (χ4v) is 5.20. The number of aryl methyl sites for hydroxylation is 2. The maximum atomic E-state index is 14.5. The third-order valence-electron chi connectivity index (χ3n) is 6.85. The summed E-state index contributed by atoms with van der Waals surface area (Å²) < 4.78 is 57.2. The van der Waals surface area contributed by atoms with Gasteiger partial charge in [-0.2, -0.15) is 18.3 Å². The molecule has 3 aromatic rings. The zero-order chi connectivity index (χ0) is 28.9. The van der Waals surface area contributed by atoms with Crippen molar-refractivity contribution in [3.8, 4) is 0 Å². The van der Waals surface area contributed by atoms with Crippen LogP contribution < -0.4 is 5.32 Å². The summed E-state index contributed by atoms with van der Waals surface area (Å²) in [5, 5.41) is 10.9. The topological polar surface area (TPSA) is 95.9 Å². The molecule has 0 spiro atoms. The Labute approximate surface area is 227 Å². The third kappa shape index (κ3) is 5.66. The van der Waals surface area contributed by atoms with Crippen LogP contribution in [0, 0.1) is 0 Å². The summed E-state index contributed by atoms with van der Waals surface area (Å²) in [7, 11) is 1.31. The van der Waals surface area contributed by atoms with E-state index in [2.05, 4.69) is 27.1 Å². The van der Waals surface area contributed by atoms with Crippen LogP contribution >= 0.6 is 11.6 Å². The number of rotatable bonds is 6. The van der Waals surface area contributed by atoms with Gasteiger partial charge in [0.25, 0.3) is 5.91 Å². The number of hydrogen-bond acceptors (Lipinski definition) is 4. The van der Waals surface area contributed by atoms with Crippen LogP contribution in [0.15, 0.2) is 24.8 Å². The van der Waals surface area contributed by atoms with E-state index < -0.39 is 41.6 Å². The lowest BCUT2D eigenvalue weighted by molar-refractivity contribution is -0.141. The minimum absolute atomic E-state index is 0.0203. The van der Waals surface area contributed by atoms with Gasteiger partial charge in [0.15, 0.2) is 5.69 Å². The molecule has 1 aromatic carbocycles. The molecule has 0 saturated carbocycles. The molecule has 1 saturated heterocycles. The van der Waals surface area contributed by atoms with Crippen molar-refractivity contribution in [2.24, 2.45) is 7.05 Å². The van der Waals surface area contributed by atoms with E-state index >= 15 is 0 Å². The van der Waals surface area contributed by atoms with Gasteiger partial charge in [0.2, 0.25) is 5.91 Å². The largest absolute Gasteiger partial charge is 0.435 e. The van der Waals surface area contributed by atoms with Gasteiger partial charge in [0.05, 0.1) is 18.1 Å². The quantitative estimate of drug-likeness (QED) is 0.338. The first-order chi connectivity index (χ1) is 18.1. The zero-order valence-electron chi connectivity index (χ0n) is 21.9. The second-order valence-electron chi connectivity index (χ2n) is 10.6. The molecule has 0 radical (unpaired) electrons. The molecule has 4 rings (SSSR count). The number of imidazole rings is 1. The molecule has 1 aliphatic rings. The van der Waals surface area contributed by atoms with Crippen LogP contribution in [0.2, 0.25) is 5.02 Å². The number of aromatic amines is 1. The first-order valence-electron chi connectivity index (χ1n) is 12.3. The molecule has 2 N–H and O–H groups in total. The average Bonchev–Trinajstić information content (AvgIpc) is 3.50. The van der Waals surface area contributed by atoms with E-state index in [4.69, 9.17) is 11.6 Å². The summed E-state index contributed by atoms with van der Waals surface area (Å²) >= 11 is 6.43. The van der Waals surface area contributed by atoms with Gasteiger partial charge in [-0.1, -0.05) is 39.0 Å². The summed E-state index contributed by atoms with van der Waals surface area (Å²) in [6.07, 6.45) is -5.22. The predicted molar refractivity (Wildman–Crippen MR) is 138 cm³/mol. The standard InChI is InChI=1S/C26H29ClF4N6O2/c1-6-21(38)37-11-16(28)19(12-37)32-24(39)22-23(26(29,30)31)33-20(36(22)5)8-7-17-13-9-14(25(2,3)4)15(27)10-18(13)35-34-17/h6,9-10,16,19H,1,7-8,11-12H2,2-5H3,(H,32,39)(H,34,35)/t16-,19-/m0/s1. The average molecular weight is 569 g/mol. The number of amides is 2. The Bertz CT molecular complexity index is 1440. The lowest BCUT2D eigenvalue weighted by Crippen LogP contribution is -2.43. The van der Waals surface area contributed by atoms with E-state index in [1.54, 1.807) is 6.07 Å². The van der Waals surface area contributed by atoms with E-state index in [-0.39, 0.29) is 37.2 Å². The van der Waals surface area contributed by atoms with Crippen molar-refractivity contribution in [1.82, 2.24) is 30.0 Å². The number of alkyl halides is 4. The summed E-state index contributed by atoms with van der Waals surface area (Å²) in [5.74, 6) is -1.64. The number of fused-ring (bicyclic) bond motifs is 1. The van der Waals surface area contributed by atoms with Crippen molar-refractivity contribution in [2.45, 2.75) is 57.4 Å². The van der Waals surface area contributed by atoms with Crippen LogP contribution in [0.5, 0.6) is 0 Å². The molecule has 1 aliphatic heterocycles. The van der Waals surface area contributed by atoms with Crippen molar-refractivity contribution in [1.29, 1.82) is 0 Å². The van der Waals surface area contributed by atoms with Crippen LogP contribution in [-0.2, 0) is 36.3 Å². The normalized spacial score (nSPS) is 18.1. The third-order valence-corrected chi connectivity index (χ3v) is 7.16. The van der Waals surface area contributed by atoms with Crippen molar-refractivity contribution in [3.05, 3.63) is 58.3 Å². The first-order valence-corrected chi connectivity index (χ1v) is 12.7. The van der Waals surface area contributed by atoms with Crippen LogP contribution in [0.3, 0.4) is 0 Å². The van der Waals surface area contributed by atoms with Crippen molar-refractivity contribution in [2.75, 3.05) is 13.1 Å². The number of carbonyl (C=O) groups is 2. The second-order valence-corrected chi connectivity index (χ2v) is 11.0. The zero-order valence-corrected chi connectivity index (χ0v) is 22.7. The van der Waals surface area contributed by atoms with E-state index in [0.717, 1.165) is 26.5 Å². The highest BCUT2D eigenvalue weighted by Crippen LogP contribution is 2.35. The molecule has 2 aromatic heterocycles. The minimum atomic E-state index is -4.92. The molecule has 210 valence electrons. The van der Waals surface area contributed by atoms with Gasteiger partial charge in [-0.3, -0.25) is 14.7 Å². The Morgan fingerprint density at radius 3 is 2.54 bits per heavy atom. The molecule has 2 atom stereocenters. The van der Waals surface area contributed by atoms with Gasteiger partial charge < -0.3 is 14.8 Å². The van der Waals surface area contributed by atoms with Crippen LogP contribution in [0.1, 0.15) is 54.0 Å². The summed E-state index contributed by atoms with van der Waals surface area (Å²) in [6.45, 7) is 8.92. The Morgan fingerprint density at radius 2 is 1.92 bits per heavy atom. The van der Waals surface area contributed by atoms with Crippen LogP contribution in [-0.4, -0.2) is 61.8 Å². The number of H-pyrrole nitrogens is 1. The van der Waals surface area contributed by atoms with E-state index in [1.165, 1.54) is 7.05 Å². The number of aromatic nitrogens is 4. The summed E-state index contributed by atoms with van der Waals surface area (Å²) in [4.78, 5) is 29.7. The van der Waals surface area contributed by atoms with Gasteiger partial charge in [-0.15, -0.1) is 0 Å². The number of nitrogens with zero attached hydrogens (tertiary/aromatic N) is 4. The Kier molecular flexibility index (Phi) is 7.54. The highest BCUT2D eigenvalue weighted by Gasteiger charge is 2.42. The van der Waals surface area contributed by atoms with Gasteiger partial charge in [0.1, 0.15) is 17.7 Å². The summed E-state index contributed by atoms with van der Waals surface area (Å²) in [5.41, 5.74) is -0.109. The Hall–Kier alpha value is -3.41. The smallest absolute Gasteiger partial charge is 0.343 e. The van der Waals surface area contributed by atoms with E-state index in [9.17, 15) is 27.2 Å². The highest BCUT2D eigenvalue weighted by molar-refractivity contribution is 6.32. The monoisotopic (exact) mass is 568 g/mol. The number of benzene rings is 1. The predicted octanol–water partition coefficient (Wildman–Crippen LogP) is 4.52. The van der Waals surface area contributed by atoms with Crippen molar-refractivity contribution < 1.29 is 27.2 Å². The molecule has 0 aliphatic carbocycles. The maximum absolute atomic E-state index is 14.5. The van der Waals surface area contributed by atoms with Crippen LogP contribution in [0.4, 0.5) is 17.6 Å². The molecule has 39 heavy (non-hydrogen) atoms. The number of likely N-dealkylation sites (tertiary alicyclic amines) is 1. The van der Waals surface area contributed by atoms with Crippen molar-refractivity contribution >= 4 is 34.3 Å². The lowest BCUT2D eigenvalue weighted by atomic mass is 9.86. The first kappa shape index (κ1) is 28.6. The van der Waals surface area contributed by atoms with Crippen molar-refractivity contribution in [3.63, 3.8) is 0 Å². The number of nitrogens with one attached hydrogen (secondary N) is 2. The Balaban J connectivity index is 1.60. The maximum Gasteiger partial charge on any atom is 0.435 e. The fraction of sp³-hybridized carbons (Fsp3) is 0.462. The van der Waals surface area contributed by atoms with Gasteiger partial charge in [-0.25, -0.2) is 9.37 Å². The SMILES string of the molecule is C=CC(=O)N1C[C@H](NC(=O)c2c(C(F)(F)F)nc(CCc3[nH]nc4cc(Cl)c(C(C)(C)C)cc34)n2C)[C@@H](F)C1. The van der Waals surface area contributed by atoms with Gasteiger partial charge in [0, 0.05) is 36.1 Å². The van der Waals surface area contributed by atoms with Gasteiger partial charge in [-0.05, 0) is 35.6 Å². The molecule has 8 nitrogen and oxygen atoms in total. The minimum Gasteiger partial charge on any atom is -0.343 e. The number of hydrogen-bond donors (Lipinski definition) is 2. The molecular weight excluding hydrogens is 540 g/mol. The Morgan fingerprint density at radius 1 is 1.23 bits per heavy atom. The molecule has 0 unspecified atom stereocenters. The molecular formula is C26H29ClF4N6O2. The summed E-state index contributed by atoms with van der Waals surface area (Å²) in [6, 6.07) is 2.50. The molecule has 2 amide bonds. The van der Waals surface area contributed by atoms with Gasteiger partial charge >= 0.3 is 6.18 Å². The molecule has 3 heterocycles. The van der Waals surface area contributed by atoms with Crippen LogP contribution in [0.25, 0.3) is 10.9 Å². The van der Waals surface area contributed by atoms with E-state index in [1.807, 2.05) is 26.8 Å². The second kappa shape index (κ2) is 10.3. The molecule has 0 bridgehead atoms. The lowest BCUT2D eigenvalue weighted by Gasteiger charge is -2.20. The number of halogens is 5. The molecule has 1 fully saturated rings.